The lowest BCUT2D eigenvalue weighted by molar-refractivity contribution is 0.0206. The highest BCUT2D eigenvalue weighted by Crippen LogP contribution is 2.28. The summed E-state index contributed by atoms with van der Waals surface area (Å²) in [5, 5.41) is 21.6. The Morgan fingerprint density at radius 2 is 1.79 bits per heavy atom. The minimum Gasteiger partial charge on any atom is -0.457 e. The summed E-state index contributed by atoms with van der Waals surface area (Å²) in [6, 6.07) is 20.7. The number of benzene rings is 3. The van der Waals surface area contributed by atoms with E-state index < -0.39 is 11.4 Å². The first-order valence-corrected chi connectivity index (χ1v) is 12.5. The van der Waals surface area contributed by atoms with Crippen molar-refractivity contribution in [2.24, 2.45) is 0 Å². The highest BCUT2D eigenvalue weighted by molar-refractivity contribution is 6.14. The van der Waals surface area contributed by atoms with Gasteiger partial charge >= 0.3 is 6.09 Å². The summed E-state index contributed by atoms with van der Waals surface area (Å²) in [5.74, 6) is 0.650. The van der Waals surface area contributed by atoms with E-state index in [1.54, 1.807) is 29.2 Å². The van der Waals surface area contributed by atoms with Gasteiger partial charge < -0.3 is 19.7 Å². The van der Waals surface area contributed by atoms with Crippen molar-refractivity contribution in [3.63, 3.8) is 0 Å². The first-order chi connectivity index (χ1) is 18.1. The zero-order valence-electron chi connectivity index (χ0n) is 21.8. The molecule has 3 aromatic rings. The molecule has 1 saturated heterocycles. The number of anilines is 1. The molecule has 1 fully saturated rings. The van der Waals surface area contributed by atoms with E-state index in [2.05, 4.69) is 5.32 Å². The van der Waals surface area contributed by atoms with Gasteiger partial charge in [-0.3, -0.25) is 5.41 Å². The van der Waals surface area contributed by atoms with Crippen LogP contribution in [-0.4, -0.2) is 41.4 Å². The van der Waals surface area contributed by atoms with Gasteiger partial charge in [0.05, 0.1) is 11.3 Å². The van der Waals surface area contributed by atoms with Gasteiger partial charge in [0.2, 0.25) is 0 Å². The summed E-state index contributed by atoms with van der Waals surface area (Å²) >= 11 is 0. The predicted molar refractivity (Wildman–Crippen MR) is 144 cm³/mol. The third-order valence-corrected chi connectivity index (χ3v) is 6.05. The molecule has 1 atom stereocenters. The average Bonchev–Trinajstić information content (AvgIpc) is 2.89. The van der Waals surface area contributed by atoms with E-state index in [-0.39, 0.29) is 23.4 Å². The van der Waals surface area contributed by atoms with Crippen molar-refractivity contribution < 1.29 is 18.7 Å². The summed E-state index contributed by atoms with van der Waals surface area (Å²) in [7, 11) is 0. The molecule has 38 heavy (non-hydrogen) atoms. The average molecular weight is 515 g/mol. The fourth-order valence-electron chi connectivity index (χ4n) is 4.26. The predicted octanol–water partition coefficient (Wildman–Crippen LogP) is 6.72. The van der Waals surface area contributed by atoms with Crippen LogP contribution in [0, 0.1) is 22.6 Å². The number of nitrogens with one attached hydrogen (secondary N) is 2. The SMILES string of the molecule is CC(C)(C)OC(=O)N1CCCC(Nc2cc(F)c(C#N)cc2C(=N)c2ccc(Oc3ccccc3)cc2)C1. The quantitative estimate of drug-likeness (QED) is 0.356. The molecule has 1 amide bonds. The lowest BCUT2D eigenvalue weighted by Gasteiger charge is -2.35. The van der Waals surface area contributed by atoms with E-state index in [1.165, 1.54) is 12.1 Å². The molecule has 0 bridgehead atoms. The number of halogens is 1. The topological polar surface area (TPSA) is 98.4 Å². The third kappa shape index (κ3) is 6.68. The molecule has 8 heteroatoms. The molecule has 1 aliphatic heterocycles. The molecule has 7 nitrogen and oxygen atoms in total. The molecule has 2 N–H and O–H groups in total. The molecular formula is C30H31FN4O3. The Bertz CT molecular complexity index is 1340. The summed E-state index contributed by atoms with van der Waals surface area (Å²) in [6.07, 6.45) is 1.13. The highest BCUT2D eigenvalue weighted by Gasteiger charge is 2.28. The fraction of sp³-hybridized carbons (Fsp3) is 0.300. The van der Waals surface area contributed by atoms with Gasteiger partial charge in [0, 0.05) is 35.9 Å². The number of piperidine rings is 1. The van der Waals surface area contributed by atoms with E-state index in [4.69, 9.17) is 14.9 Å². The van der Waals surface area contributed by atoms with Gasteiger partial charge in [-0.1, -0.05) is 18.2 Å². The second-order valence-electron chi connectivity index (χ2n) is 10.2. The van der Waals surface area contributed by atoms with Gasteiger partial charge in [-0.15, -0.1) is 0 Å². The molecule has 0 radical (unpaired) electrons. The monoisotopic (exact) mass is 514 g/mol. The van der Waals surface area contributed by atoms with Gasteiger partial charge in [-0.05, 0) is 82.1 Å². The number of carbonyl (C=O) groups excluding carboxylic acids is 1. The van der Waals surface area contributed by atoms with E-state index in [0.29, 0.717) is 41.4 Å². The normalized spacial score (nSPS) is 15.3. The van der Waals surface area contributed by atoms with E-state index in [0.717, 1.165) is 12.8 Å². The van der Waals surface area contributed by atoms with Gasteiger partial charge in [0.15, 0.2) is 0 Å². The van der Waals surface area contributed by atoms with Crippen LogP contribution in [0.2, 0.25) is 0 Å². The van der Waals surface area contributed by atoms with Crippen LogP contribution in [0.5, 0.6) is 11.5 Å². The van der Waals surface area contributed by atoms with Crippen LogP contribution in [0.1, 0.15) is 50.3 Å². The Morgan fingerprint density at radius 3 is 2.45 bits per heavy atom. The standard InChI is InChI=1S/C30H31FN4O3/c1-30(2,3)38-29(36)35-15-7-8-22(19-35)34-27-17-26(31)21(18-32)16-25(27)28(33)20-11-13-24(14-12-20)37-23-9-5-4-6-10-23/h4-6,9-14,16-17,22,33-34H,7-8,15,19H2,1-3H3. The van der Waals surface area contributed by atoms with Crippen molar-refractivity contribution in [3.8, 4) is 17.6 Å². The van der Waals surface area contributed by atoms with Crippen molar-refractivity contribution >= 4 is 17.5 Å². The van der Waals surface area contributed by atoms with E-state index in [1.807, 2.05) is 57.2 Å². The second kappa shape index (κ2) is 11.3. The minimum atomic E-state index is -0.669. The van der Waals surface area contributed by atoms with Crippen molar-refractivity contribution in [1.82, 2.24) is 4.90 Å². The third-order valence-electron chi connectivity index (χ3n) is 6.05. The molecule has 1 heterocycles. The number of nitriles is 1. The molecule has 4 rings (SSSR count). The Labute approximate surface area is 222 Å². The van der Waals surface area contributed by atoms with Crippen LogP contribution in [-0.2, 0) is 4.74 Å². The number of hydrogen-bond donors (Lipinski definition) is 2. The van der Waals surface area contributed by atoms with Crippen molar-refractivity contribution in [2.75, 3.05) is 18.4 Å². The first-order valence-electron chi connectivity index (χ1n) is 12.5. The minimum absolute atomic E-state index is 0.134. The smallest absolute Gasteiger partial charge is 0.410 e. The maximum Gasteiger partial charge on any atom is 0.410 e. The zero-order valence-corrected chi connectivity index (χ0v) is 21.8. The van der Waals surface area contributed by atoms with Crippen molar-refractivity contribution in [2.45, 2.75) is 45.3 Å². The largest absolute Gasteiger partial charge is 0.457 e. The van der Waals surface area contributed by atoms with Crippen LogP contribution < -0.4 is 10.1 Å². The number of ether oxygens (including phenoxy) is 2. The maximum atomic E-state index is 14.7. The van der Waals surface area contributed by atoms with Crippen LogP contribution in [0.25, 0.3) is 0 Å². The van der Waals surface area contributed by atoms with Crippen LogP contribution in [0.15, 0.2) is 66.7 Å². The number of nitrogens with zero attached hydrogens (tertiary/aromatic N) is 2. The number of likely N-dealkylation sites (tertiary alicyclic amines) is 1. The Morgan fingerprint density at radius 1 is 1.11 bits per heavy atom. The first kappa shape index (κ1) is 26.7. The van der Waals surface area contributed by atoms with Crippen LogP contribution >= 0.6 is 0 Å². The second-order valence-corrected chi connectivity index (χ2v) is 10.2. The number of carbonyl (C=O) groups is 1. The summed E-state index contributed by atoms with van der Waals surface area (Å²) in [6.45, 7) is 6.43. The highest BCUT2D eigenvalue weighted by atomic mass is 19.1. The van der Waals surface area contributed by atoms with Gasteiger partial charge in [0.25, 0.3) is 0 Å². The van der Waals surface area contributed by atoms with Gasteiger partial charge in [-0.2, -0.15) is 5.26 Å². The lowest BCUT2D eigenvalue weighted by Crippen LogP contribution is -2.47. The number of rotatable bonds is 6. The number of para-hydroxylation sites is 1. The van der Waals surface area contributed by atoms with E-state index >= 15 is 0 Å². The van der Waals surface area contributed by atoms with E-state index in [9.17, 15) is 14.4 Å². The number of amides is 1. The van der Waals surface area contributed by atoms with Gasteiger partial charge in [0.1, 0.15) is 29.0 Å². The van der Waals surface area contributed by atoms with Crippen LogP contribution in [0.3, 0.4) is 0 Å². The molecule has 0 aromatic heterocycles. The number of hydrogen-bond acceptors (Lipinski definition) is 6. The Kier molecular flexibility index (Phi) is 7.96. The lowest BCUT2D eigenvalue weighted by atomic mass is 9.97. The zero-order chi connectivity index (χ0) is 27.3. The Hall–Kier alpha value is -4.38. The Balaban J connectivity index is 1.54. The van der Waals surface area contributed by atoms with Gasteiger partial charge in [-0.25, -0.2) is 9.18 Å². The molecule has 3 aromatic carbocycles. The molecular weight excluding hydrogens is 483 g/mol. The van der Waals surface area contributed by atoms with Crippen molar-refractivity contribution in [3.05, 3.63) is 89.2 Å². The summed E-state index contributed by atoms with van der Waals surface area (Å²) < 4.78 is 26.0. The summed E-state index contributed by atoms with van der Waals surface area (Å²) in [5.41, 5.74) is 0.773. The molecule has 0 saturated carbocycles. The summed E-state index contributed by atoms with van der Waals surface area (Å²) in [4.78, 5) is 14.2. The molecule has 1 unspecified atom stereocenters. The molecule has 0 aliphatic carbocycles. The van der Waals surface area contributed by atoms with Crippen LogP contribution in [0.4, 0.5) is 14.9 Å². The maximum absolute atomic E-state index is 14.7. The molecule has 0 spiro atoms. The fourth-order valence-corrected chi connectivity index (χ4v) is 4.26. The molecule has 1 aliphatic rings. The van der Waals surface area contributed by atoms with Crippen molar-refractivity contribution in [1.29, 1.82) is 10.7 Å². The molecule has 196 valence electrons.